The summed E-state index contributed by atoms with van der Waals surface area (Å²) in [7, 11) is 0. The van der Waals surface area contributed by atoms with Gasteiger partial charge in [-0.1, -0.05) is 74.5 Å². The minimum atomic E-state index is -1.55. The van der Waals surface area contributed by atoms with Crippen LogP contribution in [0.3, 0.4) is 0 Å². The van der Waals surface area contributed by atoms with E-state index >= 15 is 0 Å². The van der Waals surface area contributed by atoms with E-state index in [1.807, 2.05) is 13.8 Å². The number of hydrogen-bond donors (Lipinski definition) is 16. The highest BCUT2D eigenvalue weighted by atomic mass is 16.2. The van der Waals surface area contributed by atoms with Crippen LogP contribution >= 0.6 is 0 Å². The molecule has 438 valence electrons. The molecule has 2 aromatic rings. The Kier molecular flexibility index (Phi) is 27.7. The van der Waals surface area contributed by atoms with Crippen LogP contribution in [-0.4, -0.2) is 145 Å². The van der Waals surface area contributed by atoms with Crippen LogP contribution in [-0.2, 0) is 60.8 Å². The lowest BCUT2D eigenvalue weighted by atomic mass is 9.99. The molecule has 80 heavy (non-hydrogen) atoms. The van der Waals surface area contributed by atoms with Gasteiger partial charge in [0.15, 0.2) is 17.9 Å². The van der Waals surface area contributed by atoms with E-state index in [0.717, 1.165) is 0 Å². The van der Waals surface area contributed by atoms with Gasteiger partial charge >= 0.3 is 0 Å². The molecule has 8 atom stereocenters. The number of nitrogens with one attached hydrogen (secondary N) is 8. The third kappa shape index (κ3) is 25.0. The normalized spacial score (nSPS) is 15.3. The lowest BCUT2D eigenvalue weighted by Gasteiger charge is -2.28. The van der Waals surface area contributed by atoms with Crippen LogP contribution in [0.15, 0.2) is 75.6 Å². The Balaban J connectivity index is 2.01. The maximum Gasteiger partial charge on any atom is 0.243 e. The van der Waals surface area contributed by atoms with E-state index in [2.05, 4.69) is 57.5 Å². The van der Waals surface area contributed by atoms with Crippen LogP contribution in [0.25, 0.3) is 0 Å². The Morgan fingerprint density at radius 1 is 0.500 bits per heavy atom. The van der Waals surface area contributed by atoms with Gasteiger partial charge in [0.05, 0.1) is 6.42 Å². The molecular weight excluding hydrogens is 1040 g/mol. The van der Waals surface area contributed by atoms with Gasteiger partial charge in [0.2, 0.25) is 59.1 Å². The maximum absolute atomic E-state index is 14.7. The molecule has 0 spiro atoms. The minimum absolute atomic E-state index is 0.00193. The zero-order valence-corrected chi connectivity index (χ0v) is 45.1. The van der Waals surface area contributed by atoms with E-state index in [1.54, 1.807) is 60.7 Å². The van der Waals surface area contributed by atoms with Gasteiger partial charge in [-0.2, -0.15) is 0 Å². The molecule has 1 heterocycles. The predicted octanol–water partition coefficient (Wildman–Crippen LogP) is -5.29. The standard InChI is InChI=1S/C51H79N19O10/c1-28(2)24-36(68-48(80)38(26-30-14-7-4-8-15-30)69-45(77)34-19-20-40(72)63-34)46(78)70-37(25-29-12-5-3-6-13-29)47(79)66-32(17-10-22-61-50(56)57)43(75)64-31(16-9-21-60-49(54)55)42(74)65-33(18-11-23-62-51(58)59)44(76)67-35(41(53)73)27-39(52)71/h3-8,12-15,28,31-38H,9-11,16-27H2,1-2H3,(H2,52,71)(H2,53,73)(H,63,72)(H,64,75)(H,65,74)(H,66,79)(H,67,76)(H,68,80)(H,69,77)(H,70,78)(H4,54,55,60)(H4,56,57,61)(H4,58,59,62)/t31-,32-,33-,34-,35-,36-,37-,38-/m0/s1. The SMILES string of the molecule is CC(C)C[C@H](NC(=O)[C@H](Cc1ccccc1)NC(=O)[C@@H]1CCC(=O)N1)C(=O)N[C@@H](Cc1ccccc1)C(=O)N[C@@H](CCCN=C(N)N)C(=O)N[C@@H](CCCN=C(N)N)C(=O)N[C@@H](CCCN=C(N)N)C(=O)N[C@@H](CC(N)=O)C(N)=O. The van der Waals surface area contributed by atoms with Gasteiger partial charge in [0.25, 0.3) is 0 Å². The molecule has 2 aromatic carbocycles. The highest BCUT2D eigenvalue weighted by Gasteiger charge is 2.36. The van der Waals surface area contributed by atoms with E-state index in [-0.39, 0.29) is 120 Å². The van der Waals surface area contributed by atoms with Gasteiger partial charge in [-0.15, -0.1) is 0 Å². The molecule has 0 bridgehead atoms. The largest absolute Gasteiger partial charge is 0.370 e. The fraction of sp³-hybridized carbons (Fsp3) is 0.510. The van der Waals surface area contributed by atoms with Crippen LogP contribution in [0.1, 0.15) is 89.2 Å². The van der Waals surface area contributed by atoms with Gasteiger partial charge in [-0.25, -0.2) is 0 Å². The molecule has 29 heteroatoms. The summed E-state index contributed by atoms with van der Waals surface area (Å²) in [5.41, 5.74) is 45.1. The van der Waals surface area contributed by atoms with Gasteiger partial charge in [-0.3, -0.25) is 62.9 Å². The maximum atomic E-state index is 14.7. The molecule has 1 saturated heterocycles. The Morgan fingerprint density at radius 3 is 1.20 bits per heavy atom. The molecule has 1 aliphatic rings. The second kappa shape index (κ2) is 34.0. The summed E-state index contributed by atoms with van der Waals surface area (Å²) < 4.78 is 0. The summed E-state index contributed by atoms with van der Waals surface area (Å²) in [6, 6.07) is 6.92. The number of guanidine groups is 3. The van der Waals surface area contributed by atoms with E-state index in [9.17, 15) is 47.9 Å². The average molecular weight is 1120 g/mol. The topological polar surface area (TPSA) is 512 Å². The zero-order chi connectivity index (χ0) is 59.3. The molecule has 0 aromatic heterocycles. The second-order valence-electron chi connectivity index (χ2n) is 19.5. The number of primary amides is 2. The fourth-order valence-corrected chi connectivity index (χ4v) is 8.28. The van der Waals surface area contributed by atoms with Crippen molar-refractivity contribution < 1.29 is 47.9 Å². The first-order valence-corrected chi connectivity index (χ1v) is 26.2. The number of amides is 10. The summed E-state index contributed by atoms with van der Waals surface area (Å²) in [4.78, 5) is 147. The van der Waals surface area contributed by atoms with Gasteiger partial charge < -0.3 is 88.4 Å². The number of aliphatic imine (C=N–C) groups is 3. The van der Waals surface area contributed by atoms with E-state index in [0.29, 0.717) is 11.1 Å². The second-order valence-corrected chi connectivity index (χ2v) is 19.5. The molecule has 29 nitrogen and oxygen atoms in total. The number of nitrogens with zero attached hydrogens (tertiary/aromatic N) is 3. The minimum Gasteiger partial charge on any atom is -0.370 e. The number of carbonyl (C=O) groups is 10. The molecule has 1 aliphatic heterocycles. The van der Waals surface area contributed by atoms with Crippen molar-refractivity contribution in [3.8, 4) is 0 Å². The highest BCUT2D eigenvalue weighted by molar-refractivity contribution is 5.99. The quantitative estimate of drug-likeness (QED) is 0.0174. The highest BCUT2D eigenvalue weighted by Crippen LogP contribution is 2.14. The summed E-state index contributed by atoms with van der Waals surface area (Å²) in [6.07, 6.45) is -0.352. The Morgan fingerprint density at radius 2 is 0.850 bits per heavy atom. The van der Waals surface area contributed by atoms with Gasteiger partial charge in [0.1, 0.15) is 48.3 Å². The number of benzene rings is 2. The monoisotopic (exact) mass is 1120 g/mol. The van der Waals surface area contributed by atoms with Crippen molar-refractivity contribution in [1.82, 2.24) is 42.5 Å². The Labute approximate surface area is 463 Å². The molecule has 0 aliphatic carbocycles. The first-order valence-electron chi connectivity index (χ1n) is 26.2. The Hall–Kier alpha value is -9.05. The molecule has 1 fully saturated rings. The number of rotatable bonds is 35. The van der Waals surface area contributed by atoms with Crippen LogP contribution < -0.4 is 88.4 Å². The first-order chi connectivity index (χ1) is 37.9. The van der Waals surface area contributed by atoms with E-state index in [4.69, 9.17) is 45.9 Å². The Bertz CT molecular complexity index is 2520. The van der Waals surface area contributed by atoms with Crippen molar-refractivity contribution in [2.45, 2.75) is 139 Å². The zero-order valence-electron chi connectivity index (χ0n) is 45.1. The van der Waals surface area contributed by atoms with Crippen LogP contribution in [0, 0.1) is 5.92 Å². The van der Waals surface area contributed by atoms with Crippen LogP contribution in [0.2, 0.25) is 0 Å². The van der Waals surface area contributed by atoms with Crippen molar-refractivity contribution >= 4 is 77.0 Å². The first kappa shape index (κ1) is 65.2. The van der Waals surface area contributed by atoms with Crippen LogP contribution in [0.4, 0.5) is 0 Å². The van der Waals surface area contributed by atoms with E-state index in [1.165, 1.54) is 0 Å². The van der Waals surface area contributed by atoms with Crippen molar-refractivity contribution in [2.75, 3.05) is 19.6 Å². The molecule has 24 N–H and O–H groups in total. The summed E-state index contributed by atoms with van der Waals surface area (Å²) in [5.74, 6) is -8.92. The molecule has 0 saturated carbocycles. The molecular formula is C51H79N19O10. The molecule has 0 unspecified atom stereocenters. The smallest absolute Gasteiger partial charge is 0.243 e. The molecule has 0 radical (unpaired) electrons. The van der Waals surface area contributed by atoms with Gasteiger partial charge in [0, 0.05) is 38.9 Å². The summed E-state index contributed by atoms with van der Waals surface area (Å²) in [6.45, 7) is 3.66. The molecule has 10 amide bonds. The lowest BCUT2D eigenvalue weighted by molar-refractivity contribution is -0.136. The van der Waals surface area contributed by atoms with Crippen molar-refractivity contribution in [1.29, 1.82) is 0 Å². The summed E-state index contributed by atoms with van der Waals surface area (Å²) in [5, 5.41) is 21.2. The van der Waals surface area contributed by atoms with Crippen LogP contribution in [0.5, 0.6) is 0 Å². The third-order valence-electron chi connectivity index (χ3n) is 12.3. The number of hydrogen-bond acceptors (Lipinski definition) is 13. The molecule has 3 rings (SSSR count). The van der Waals surface area contributed by atoms with Crippen molar-refractivity contribution in [3.05, 3.63) is 71.8 Å². The predicted molar refractivity (Wildman–Crippen MR) is 297 cm³/mol. The fourth-order valence-electron chi connectivity index (χ4n) is 8.28. The lowest BCUT2D eigenvalue weighted by Crippen LogP contribution is -2.60. The third-order valence-corrected chi connectivity index (χ3v) is 12.3. The number of carbonyl (C=O) groups excluding carboxylic acids is 10. The summed E-state index contributed by atoms with van der Waals surface area (Å²) >= 11 is 0. The van der Waals surface area contributed by atoms with Crippen molar-refractivity contribution in [3.63, 3.8) is 0 Å². The number of nitrogens with two attached hydrogens (primary N) is 8. The van der Waals surface area contributed by atoms with Gasteiger partial charge in [-0.05, 0) is 68.4 Å². The van der Waals surface area contributed by atoms with E-state index < -0.39 is 108 Å². The van der Waals surface area contributed by atoms with Crippen molar-refractivity contribution in [2.24, 2.45) is 66.8 Å². The average Bonchev–Trinajstić information content (AvgIpc) is 3.84.